The first-order valence-corrected chi connectivity index (χ1v) is 16.1. The van der Waals surface area contributed by atoms with Crippen LogP contribution >= 0.6 is 0 Å². The third kappa shape index (κ3) is 4.32. The van der Waals surface area contributed by atoms with E-state index in [9.17, 15) is 5.26 Å². The topological polar surface area (TPSA) is 50.0 Å². The fourth-order valence-corrected chi connectivity index (χ4v) is 7.07. The molecule has 1 fully saturated rings. The molecule has 2 aliphatic rings. The second-order valence-corrected chi connectivity index (χ2v) is 16.8. The van der Waals surface area contributed by atoms with Crippen LogP contribution in [0.4, 0.5) is 5.69 Å². The van der Waals surface area contributed by atoms with Gasteiger partial charge in [-0.25, -0.2) is 0 Å². The molecule has 35 heavy (non-hydrogen) atoms. The SMILES string of the molecule is Cc1cc2c(cc1C#N)c(-c1cccc3c1CCCN3)cn2C1CCC(O[Si](C)(C)C(C)(C)C)C1. The highest BCUT2D eigenvalue weighted by atomic mass is 28.4. The van der Waals surface area contributed by atoms with E-state index >= 15 is 0 Å². The van der Waals surface area contributed by atoms with E-state index in [0.29, 0.717) is 12.1 Å². The highest BCUT2D eigenvalue weighted by molar-refractivity contribution is 6.74. The zero-order valence-electron chi connectivity index (χ0n) is 22.2. The zero-order chi connectivity index (χ0) is 25.0. The molecule has 3 aromatic rings. The number of nitriles is 1. The summed E-state index contributed by atoms with van der Waals surface area (Å²) in [5, 5.41) is 14.8. The molecule has 5 rings (SSSR count). The average molecular weight is 486 g/mol. The van der Waals surface area contributed by atoms with Gasteiger partial charge in [-0.3, -0.25) is 0 Å². The van der Waals surface area contributed by atoms with Gasteiger partial charge in [-0.1, -0.05) is 32.9 Å². The summed E-state index contributed by atoms with van der Waals surface area (Å²) in [4.78, 5) is 0. The van der Waals surface area contributed by atoms with Gasteiger partial charge in [-0.15, -0.1) is 0 Å². The number of hydrogen-bond acceptors (Lipinski definition) is 3. The summed E-state index contributed by atoms with van der Waals surface area (Å²) in [6, 6.07) is 13.8. The molecule has 0 spiro atoms. The van der Waals surface area contributed by atoms with E-state index in [1.165, 1.54) is 33.3 Å². The van der Waals surface area contributed by atoms with Crippen molar-refractivity contribution in [2.45, 2.75) is 90.1 Å². The fraction of sp³-hybridized carbons (Fsp3) is 0.500. The maximum absolute atomic E-state index is 9.78. The Morgan fingerprint density at radius 1 is 1.14 bits per heavy atom. The minimum Gasteiger partial charge on any atom is -0.414 e. The molecule has 1 saturated carbocycles. The van der Waals surface area contributed by atoms with Crippen molar-refractivity contribution in [1.82, 2.24) is 4.57 Å². The summed E-state index contributed by atoms with van der Waals surface area (Å²) in [5.41, 5.74) is 8.29. The minimum atomic E-state index is -1.79. The number of nitrogens with one attached hydrogen (secondary N) is 1. The van der Waals surface area contributed by atoms with Gasteiger partial charge in [0.15, 0.2) is 8.32 Å². The molecule has 2 aromatic carbocycles. The van der Waals surface area contributed by atoms with Crippen LogP contribution in [0.15, 0.2) is 36.5 Å². The van der Waals surface area contributed by atoms with E-state index in [4.69, 9.17) is 4.43 Å². The standard InChI is InChI=1S/C30H39N3OSi/c1-20-15-29-26(16-21(20)18-31)27(24-9-7-11-28-25(24)10-8-14-32-28)19-33(29)22-12-13-23(17-22)34-35(5,6)30(2,3)4/h7,9,11,15-16,19,22-23,32H,8,10,12-14,17H2,1-6H3. The van der Waals surface area contributed by atoms with Crippen LogP contribution in [0.25, 0.3) is 22.0 Å². The van der Waals surface area contributed by atoms with Crippen LogP contribution in [0.2, 0.25) is 18.1 Å². The molecule has 4 nitrogen and oxygen atoms in total. The van der Waals surface area contributed by atoms with Crippen molar-refractivity contribution in [3.8, 4) is 17.2 Å². The summed E-state index contributed by atoms with van der Waals surface area (Å²) in [7, 11) is -1.79. The third-order valence-electron chi connectivity index (χ3n) is 8.70. The van der Waals surface area contributed by atoms with Gasteiger partial charge in [0.2, 0.25) is 0 Å². The monoisotopic (exact) mass is 485 g/mol. The first-order chi connectivity index (χ1) is 16.6. The Morgan fingerprint density at radius 2 is 1.94 bits per heavy atom. The van der Waals surface area contributed by atoms with Crippen LogP contribution in [0, 0.1) is 18.3 Å². The van der Waals surface area contributed by atoms with Gasteiger partial charge in [-0.2, -0.15) is 5.26 Å². The quantitative estimate of drug-likeness (QED) is 0.381. The fourth-order valence-electron chi connectivity index (χ4n) is 5.67. The number of aromatic nitrogens is 1. The number of rotatable bonds is 4. The van der Waals surface area contributed by atoms with E-state index in [1.807, 2.05) is 0 Å². The maximum atomic E-state index is 9.78. The molecule has 1 aliphatic carbocycles. The van der Waals surface area contributed by atoms with Crippen molar-refractivity contribution in [2.75, 3.05) is 11.9 Å². The lowest BCUT2D eigenvalue weighted by Crippen LogP contribution is -2.43. The van der Waals surface area contributed by atoms with Crippen molar-refractivity contribution in [3.63, 3.8) is 0 Å². The average Bonchev–Trinajstić information content (AvgIpc) is 3.41. The molecule has 2 unspecified atom stereocenters. The van der Waals surface area contributed by atoms with Gasteiger partial charge in [0.05, 0.1) is 11.6 Å². The first kappa shape index (κ1) is 24.2. The van der Waals surface area contributed by atoms with Crippen LogP contribution in [0.5, 0.6) is 0 Å². The van der Waals surface area contributed by atoms with Crippen molar-refractivity contribution < 1.29 is 4.43 Å². The summed E-state index contributed by atoms with van der Waals surface area (Å²) < 4.78 is 9.33. The molecular formula is C30H39N3OSi. The largest absolute Gasteiger partial charge is 0.414 e. The summed E-state index contributed by atoms with van der Waals surface area (Å²) >= 11 is 0. The Kier molecular flexibility index (Phi) is 6.10. The Balaban J connectivity index is 1.57. The van der Waals surface area contributed by atoms with Crippen molar-refractivity contribution >= 4 is 24.9 Å². The Labute approximate surface area is 211 Å². The lowest BCUT2D eigenvalue weighted by Gasteiger charge is -2.38. The van der Waals surface area contributed by atoms with Crippen LogP contribution in [0.3, 0.4) is 0 Å². The molecule has 184 valence electrons. The molecule has 1 aliphatic heterocycles. The normalized spacial score (nSPS) is 20.5. The van der Waals surface area contributed by atoms with Crippen LogP contribution in [0.1, 0.15) is 69.2 Å². The molecule has 0 radical (unpaired) electrons. The number of aryl methyl sites for hydroxylation is 1. The molecule has 0 bridgehead atoms. The van der Waals surface area contributed by atoms with Crippen molar-refractivity contribution in [3.05, 3.63) is 53.2 Å². The number of hydrogen-bond donors (Lipinski definition) is 1. The summed E-state index contributed by atoms with van der Waals surface area (Å²) in [6.07, 6.45) is 8.25. The van der Waals surface area contributed by atoms with Gasteiger partial charge < -0.3 is 14.3 Å². The maximum Gasteiger partial charge on any atom is 0.192 e. The van der Waals surface area contributed by atoms with E-state index in [-0.39, 0.29) is 5.04 Å². The molecular weight excluding hydrogens is 446 g/mol. The number of benzene rings is 2. The van der Waals surface area contributed by atoms with Crippen LogP contribution in [-0.4, -0.2) is 25.5 Å². The Hall–Kier alpha value is -2.55. The second-order valence-electron chi connectivity index (χ2n) is 12.1. The highest BCUT2D eigenvalue weighted by Gasteiger charge is 2.41. The van der Waals surface area contributed by atoms with Crippen LogP contribution in [-0.2, 0) is 10.8 Å². The van der Waals surface area contributed by atoms with Gasteiger partial charge >= 0.3 is 0 Å². The molecule has 2 atom stereocenters. The predicted octanol–water partition coefficient (Wildman–Crippen LogP) is 7.96. The molecule has 5 heteroatoms. The lowest BCUT2D eigenvalue weighted by molar-refractivity contribution is 0.183. The van der Waals surface area contributed by atoms with Crippen molar-refractivity contribution in [2.24, 2.45) is 0 Å². The van der Waals surface area contributed by atoms with E-state index < -0.39 is 8.32 Å². The van der Waals surface area contributed by atoms with Gasteiger partial charge in [0.25, 0.3) is 0 Å². The molecule has 0 amide bonds. The molecule has 0 saturated heterocycles. The van der Waals surface area contributed by atoms with Gasteiger partial charge in [-0.05, 0) is 92.0 Å². The number of fused-ring (bicyclic) bond motifs is 2. The summed E-state index contributed by atoms with van der Waals surface area (Å²) in [6.45, 7) is 14.8. The van der Waals surface area contributed by atoms with Crippen molar-refractivity contribution in [1.29, 1.82) is 5.26 Å². The van der Waals surface area contributed by atoms with Gasteiger partial charge in [0.1, 0.15) is 0 Å². The number of anilines is 1. The predicted molar refractivity (Wildman–Crippen MR) is 149 cm³/mol. The van der Waals surface area contributed by atoms with E-state index in [0.717, 1.165) is 49.8 Å². The van der Waals surface area contributed by atoms with E-state index in [1.54, 1.807) is 0 Å². The second kappa shape index (κ2) is 8.83. The minimum absolute atomic E-state index is 0.226. The Bertz CT molecular complexity index is 1310. The highest BCUT2D eigenvalue weighted by Crippen LogP contribution is 2.44. The third-order valence-corrected chi connectivity index (χ3v) is 13.2. The van der Waals surface area contributed by atoms with E-state index in [2.05, 4.69) is 93.3 Å². The zero-order valence-corrected chi connectivity index (χ0v) is 23.2. The summed E-state index contributed by atoms with van der Waals surface area (Å²) in [5.74, 6) is 0. The first-order valence-electron chi connectivity index (χ1n) is 13.2. The van der Waals surface area contributed by atoms with Crippen LogP contribution < -0.4 is 5.32 Å². The molecule has 2 heterocycles. The molecule has 1 aromatic heterocycles. The molecule has 1 N–H and O–H groups in total. The van der Waals surface area contributed by atoms with Gasteiger partial charge in [0, 0.05) is 47.0 Å². The smallest absolute Gasteiger partial charge is 0.192 e. The lowest BCUT2D eigenvalue weighted by atomic mass is 9.92. The number of nitrogens with zero attached hydrogens (tertiary/aromatic N) is 2. The Morgan fingerprint density at radius 3 is 2.69 bits per heavy atom.